The van der Waals surface area contributed by atoms with Crippen LogP contribution in [0.5, 0.6) is 0 Å². The standard InChI is InChI=1S/C19H27NO4S/c1-19(2,3)24-18(23)20-12-11-13-9-10-15(16(13)21)25-17(22)14-7-5-4-6-8-14/h4-8,13,15-16,21H,9-12H2,1-3H3,(H,20,23)/t13-,15+,16-/m0/s1. The van der Waals surface area contributed by atoms with Gasteiger partial charge in [0.1, 0.15) is 5.60 Å². The molecule has 3 atom stereocenters. The molecular weight excluding hydrogens is 338 g/mol. The van der Waals surface area contributed by atoms with Crippen molar-refractivity contribution >= 4 is 23.0 Å². The van der Waals surface area contributed by atoms with E-state index in [0.717, 1.165) is 12.8 Å². The van der Waals surface area contributed by atoms with Gasteiger partial charge < -0.3 is 15.2 Å². The zero-order chi connectivity index (χ0) is 18.4. The lowest BCUT2D eigenvalue weighted by molar-refractivity contribution is 0.0518. The molecule has 1 aliphatic carbocycles. The maximum absolute atomic E-state index is 12.3. The molecule has 1 aromatic rings. The van der Waals surface area contributed by atoms with E-state index < -0.39 is 17.8 Å². The Morgan fingerprint density at radius 3 is 2.56 bits per heavy atom. The molecule has 1 aromatic carbocycles. The average molecular weight is 365 g/mol. The van der Waals surface area contributed by atoms with Crippen LogP contribution in [0.2, 0.25) is 0 Å². The first-order chi connectivity index (χ1) is 11.8. The Hall–Kier alpha value is -1.53. The molecule has 0 spiro atoms. The normalized spacial score (nSPS) is 23.3. The number of rotatable bonds is 5. The second-order valence-electron chi connectivity index (χ2n) is 7.36. The fourth-order valence-electron chi connectivity index (χ4n) is 2.92. The molecule has 0 heterocycles. The molecule has 1 fully saturated rings. The molecule has 0 aliphatic heterocycles. The van der Waals surface area contributed by atoms with Gasteiger partial charge in [-0.05, 0) is 46.0 Å². The smallest absolute Gasteiger partial charge is 0.407 e. The molecule has 0 aromatic heterocycles. The molecule has 6 heteroatoms. The number of hydrogen-bond donors (Lipinski definition) is 2. The Bertz CT molecular complexity index is 585. The molecule has 2 N–H and O–H groups in total. The summed E-state index contributed by atoms with van der Waals surface area (Å²) < 4.78 is 5.19. The number of nitrogens with one attached hydrogen (secondary N) is 1. The molecule has 1 amide bonds. The lowest BCUT2D eigenvalue weighted by Gasteiger charge is -2.21. The third kappa shape index (κ3) is 6.36. The maximum Gasteiger partial charge on any atom is 0.407 e. The third-order valence-corrected chi connectivity index (χ3v) is 5.40. The Kier molecular flexibility index (Phi) is 6.90. The Labute approximate surface area is 153 Å². The van der Waals surface area contributed by atoms with E-state index >= 15 is 0 Å². The molecule has 1 saturated carbocycles. The minimum atomic E-state index is -0.530. The van der Waals surface area contributed by atoms with Crippen LogP contribution in [0, 0.1) is 5.92 Å². The van der Waals surface area contributed by atoms with E-state index in [2.05, 4.69) is 5.32 Å². The van der Waals surface area contributed by atoms with Crippen LogP contribution in [0.15, 0.2) is 30.3 Å². The molecule has 0 unspecified atom stereocenters. The zero-order valence-electron chi connectivity index (χ0n) is 15.0. The fraction of sp³-hybridized carbons (Fsp3) is 0.579. The second-order valence-corrected chi connectivity index (χ2v) is 8.57. The van der Waals surface area contributed by atoms with Gasteiger partial charge in [-0.3, -0.25) is 4.79 Å². The van der Waals surface area contributed by atoms with Gasteiger partial charge in [-0.25, -0.2) is 4.79 Å². The van der Waals surface area contributed by atoms with Crippen LogP contribution < -0.4 is 5.32 Å². The van der Waals surface area contributed by atoms with E-state index in [1.165, 1.54) is 11.8 Å². The summed E-state index contributed by atoms with van der Waals surface area (Å²) in [5, 5.41) is 13.1. The van der Waals surface area contributed by atoms with E-state index in [1.807, 2.05) is 39.0 Å². The van der Waals surface area contributed by atoms with Crippen molar-refractivity contribution in [2.45, 2.75) is 57.0 Å². The van der Waals surface area contributed by atoms with Gasteiger partial charge in [0.05, 0.1) is 6.10 Å². The molecule has 1 aliphatic rings. The highest BCUT2D eigenvalue weighted by Crippen LogP contribution is 2.37. The van der Waals surface area contributed by atoms with Gasteiger partial charge >= 0.3 is 6.09 Å². The topological polar surface area (TPSA) is 75.6 Å². The number of ether oxygens (including phenoxy) is 1. The summed E-state index contributed by atoms with van der Waals surface area (Å²) in [7, 11) is 0. The van der Waals surface area contributed by atoms with Crippen LogP contribution in [0.3, 0.4) is 0 Å². The van der Waals surface area contributed by atoms with Crippen LogP contribution in [0.4, 0.5) is 4.79 Å². The number of carbonyl (C=O) groups is 2. The molecule has 2 rings (SSSR count). The van der Waals surface area contributed by atoms with E-state index in [-0.39, 0.29) is 16.3 Å². The van der Waals surface area contributed by atoms with Crippen molar-refractivity contribution in [3.8, 4) is 0 Å². The molecule has 25 heavy (non-hydrogen) atoms. The number of thioether (sulfide) groups is 1. The van der Waals surface area contributed by atoms with Gasteiger partial charge in [0, 0.05) is 17.4 Å². The van der Waals surface area contributed by atoms with Crippen LogP contribution in [0.1, 0.15) is 50.4 Å². The predicted molar refractivity (Wildman–Crippen MR) is 99.7 cm³/mol. The lowest BCUT2D eigenvalue weighted by atomic mass is 10.0. The molecule has 0 radical (unpaired) electrons. The number of aliphatic hydroxyl groups is 1. The highest BCUT2D eigenvalue weighted by Gasteiger charge is 2.36. The van der Waals surface area contributed by atoms with Crippen LogP contribution in [-0.4, -0.2) is 39.8 Å². The van der Waals surface area contributed by atoms with Crippen molar-refractivity contribution in [2.75, 3.05) is 6.54 Å². The number of alkyl carbamates (subject to hydrolysis) is 1. The van der Waals surface area contributed by atoms with Gasteiger partial charge in [-0.15, -0.1) is 0 Å². The largest absolute Gasteiger partial charge is 0.444 e. The summed E-state index contributed by atoms with van der Waals surface area (Å²) in [6.45, 7) is 5.91. The number of benzene rings is 1. The van der Waals surface area contributed by atoms with Crippen molar-refractivity contribution in [3.05, 3.63) is 35.9 Å². The van der Waals surface area contributed by atoms with Gasteiger partial charge in [-0.1, -0.05) is 42.1 Å². The molecule has 0 saturated heterocycles. The average Bonchev–Trinajstić information content (AvgIpc) is 2.87. The summed E-state index contributed by atoms with van der Waals surface area (Å²) in [6, 6.07) is 9.13. The number of aliphatic hydroxyl groups excluding tert-OH is 1. The molecule has 5 nitrogen and oxygen atoms in total. The summed E-state index contributed by atoms with van der Waals surface area (Å²) in [6.07, 6.45) is 1.37. The quantitative estimate of drug-likeness (QED) is 0.834. The zero-order valence-corrected chi connectivity index (χ0v) is 15.8. The van der Waals surface area contributed by atoms with Crippen LogP contribution in [-0.2, 0) is 4.74 Å². The van der Waals surface area contributed by atoms with Crippen molar-refractivity contribution in [2.24, 2.45) is 5.92 Å². The highest BCUT2D eigenvalue weighted by molar-refractivity contribution is 8.14. The van der Waals surface area contributed by atoms with E-state index in [9.17, 15) is 14.7 Å². The summed E-state index contributed by atoms with van der Waals surface area (Å²) in [5.74, 6) is 0.0935. The molecular formula is C19H27NO4S. The highest BCUT2D eigenvalue weighted by atomic mass is 32.2. The minimum absolute atomic E-state index is 0.00261. The Morgan fingerprint density at radius 2 is 1.92 bits per heavy atom. The second kappa shape index (κ2) is 8.72. The van der Waals surface area contributed by atoms with Gasteiger partial charge in [0.2, 0.25) is 5.12 Å². The number of amides is 1. The monoisotopic (exact) mass is 365 g/mol. The Morgan fingerprint density at radius 1 is 1.24 bits per heavy atom. The first-order valence-corrected chi connectivity index (χ1v) is 9.55. The number of carbonyl (C=O) groups excluding carboxylic acids is 2. The minimum Gasteiger partial charge on any atom is -0.444 e. The maximum atomic E-state index is 12.3. The summed E-state index contributed by atoms with van der Waals surface area (Å²) in [5.41, 5.74) is 0.144. The van der Waals surface area contributed by atoms with E-state index in [0.29, 0.717) is 18.5 Å². The predicted octanol–water partition coefficient (Wildman–Crippen LogP) is 3.61. The first kappa shape index (κ1) is 19.8. The van der Waals surface area contributed by atoms with Crippen LogP contribution >= 0.6 is 11.8 Å². The number of hydrogen-bond acceptors (Lipinski definition) is 5. The molecule has 138 valence electrons. The lowest BCUT2D eigenvalue weighted by Crippen LogP contribution is -2.34. The van der Waals surface area contributed by atoms with Crippen molar-refractivity contribution in [1.82, 2.24) is 5.32 Å². The van der Waals surface area contributed by atoms with Crippen molar-refractivity contribution < 1.29 is 19.4 Å². The Balaban J connectivity index is 1.75. The van der Waals surface area contributed by atoms with Crippen molar-refractivity contribution in [3.63, 3.8) is 0 Å². The first-order valence-electron chi connectivity index (χ1n) is 8.67. The summed E-state index contributed by atoms with van der Waals surface area (Å²) >= 11 is 1.22. The van der Waals surface area contributed by atoms with Crippen LogP contribution in [0.25, 0.3) is 0 Å². The SMILES string of the molecule is CC(C)(C)OC(=O)NCC[C@@H]1CC[C@@H](SC(=O)c2ccccc2)[C@H]1O. The van der Waals surface area contributed by atoms with Gasteiger partial charge in [0.25, 0.3) is 0 Å². The van der Waals surface area contributed by atoms with E-state index in [1.54, 1.807) is 12.1 Å². The third-order valence-electron chi connectivity index (χ3n) is 4.14. The van der Waals surface area contributed by atoms with E-state index in [4.69, 9.17) is 4.74 Å². The molecule has 0 bridgehead atoms. The summed E-state index contributed by atoms with van der Waals surface area (Å²) in [4.78, 5) is 23.9. The van der Waals surface area contributed by atoms with Gasteiger partial charge in [-0.2, -0.15) is 0 Å². The van der Waals surface area contributed by atoms with Crippen molar-refractivity contribution in [1.29, 1.82) is 0 Å². The van der Waals surface area contributed by atoms with Gasteiger partial charge in [0.15, 0.2) is 0 Å². The fourth-order valence-corrected chi connectivity index (χ4v) is 4.08.